The summed E-state index contributed by atoms with van der Waals surface area (Å²) >= 11 is 0. The molecular formula is C17H16F2O. The number of Topliss-reactive ketones (excluding diaryl/α,β-unsaturated/α-hetero) is 1. The summed E-state index contributed by atoms with van der Waals surface area (Å²) in [5.74, 6) is -1.44. The molecule has 0 N–H and O–H groups in total. The zero-order valence-corrected chi connectivity index (χ0v) is 11.1. The summed E-state index contributed by atoms with van der Waals surface area (Å²) in [5.41, 5.74) is 1.04. The molecule has 2 aromatic carbocycles. The summed E-state index contributed by atoms with van der Waals surface area (Å²) in [6.45, 7) is 0. The molecule has 0 radical (unpaired) electrons. The van der Waals surface area contributed by atoms with Crippen molar-refractivity contribution in [2.24, 2.45) is 0 Å². The molecule has 0 atom stereocenters. The monoisotopic (exact) mass is 274 g/mol. The normalized spacial score (nSPS) is 10.5. The molecule has 3 heteroatoms. The van der Waals surface area contributed by atoms with E-state index < -0.39 is 11.6 Å². The van der Waals surface area contributed by atoms with Crippen LogP contribution < -0.4 is 0 Å². The predicted octanol–water partition coefficient (Wildman–Crippen LogP) is 4.10. The van der Waals surface area contributed by atoms with Crippen LogP contribution in [0, 0.1) is 11.6 Å². The second-order valence-electron chi connectivity index (χ2n) is 4.75. The fraction of sp³-hybridized carbons (Fsp3) is 0.235. The van der Waals surface area contributed by atoms with E-state index in [9.17, 15) is 13.6 Å². The topological polar surface area (TPSA) is 17.1 Å². The van der Waals surface area contributed by atoms with E-state index in [0.29, 0.717) is 12.8 Å². The summed E-state index contributed by atoms with van der Waals surface area (Å²) in [6, 6.07) is 13.5. The van der Waals surface area contributed by atoms with E-state index in [0.717, 1.165) is 12.0 Å². The summed E-state index contributed by atoms with van der Waals surface area (Å²) in [5, 5.41) is 0. The van der Waals surface area contributed by atoms with Crippen molar-refractivity contribution in [2.45, 2.75) is 25.7 Å². The molecule has 0 saturated carbocycles. The Kier molecular flexibility index (Phi) is 4.99. The molecule has 0 unspecified atom stereocenters. The number of halogens is 2. The van der Waals surface area contributed by atoms with Crippen molar-refractivity contribution < 1.29 is 13.6 Å². The van der Waals surface area contributed by atoms with Gasteiger partial charge in [0.1, 0.15) is 17.4 Å². The van der Waals surface area contributed by atoms with E-state index in [1.165, 1.54) is 18.2 Å². The largest absolute Gasteiger partial charge is 0.299 e. The van der Waals surface area contributed by atoms with Gasteiger partial charge >= 0.3 is 0 Å². The van der Waals surface area contributed by atoms with Gasteiger partial charge in [-0.25, -0.2) is 8.78 Å². The first-order chi connectivity index (χ1) is 9.66. The maximum absolute atomic E-state index is 13.4. The third-order valence-corrected chi connectivity index (χ3v) is 3.20. The molecule has 2 aromatic rings. The van der Waals surface area contributed by atoms with E-state index >= 15 is 0 Å². The van der Waals surface area contributed by atoms with Crippen LogP contribution in [-0.4, -0.2) is 5.78 Å². The van der Waals surface area contributed by atoms with Crippen molar-refractivity contribution in [3.8, 4) is 0 Å². The number of carbonyl (C=O) groups is 1. The highest BCUT2D eigenvalue weighted by atomic mass is 19.1. The highest BCUT2D eigenvalue weighted by molar-refractivity contribution is 5.80. The summed E-state index contributed by atoms with van der Waals surface area (Å²) in [4.78, 5) is 11.8. The number of hydrogen-bond donors (Lipinski definition) is 0. The van der Waals surface area contributed by atoms with Crippen LogP contribution in [0.5, 0.6) is 0 Å². The lowest BCUT2D eigenvalue weighted by molar-refractivity contribution is -0.118. The second-order valence-corrected chi connectivity index (χ2v) is 4.75. The van der Waals surface area contributed by atoms with Gasteiger partial charge in [0.15, 0.2) is 0 Å². The second kappa shape index (κ2) is 6.94. The first-order valence-corrected chi connectivity index (χ1v) is 6.65. The minimum Gasteiger partial charge on any atom is -0.299 e. The smallest absolute Gasteiger partial charge is 0.137 e. The summed E-state index contributed by atoms with van der Waals surface area (Å²) in [7, 11) is 0. The number of carbonyl (C=O) groups excluding carboxylic acids is 1. The van der Waals surface area contributed by atoms with Crippen LogP contribution in [-0.2, 0) is 17.6 Å². The van der Waals surface area contributed by atoms with E-state index in [4.69, 9.17) is 0 Å². The molecule has 0 amide bonds. The van der Waals surface area contributed by atoms with Gasteiger partial charge in [0.2, 0.25) is 0 Å². The number of ketones is 1. The number of benzene rings is 2. The quantitative estimate of drug-likeness (QED) is 0.775. The predicted molar refractivity (Wildman–Crippen MR) is 74.4 cm³/mol. The Morgan fingerprint density at radius 1 is 0.900 bits per heavy atom. The molecule has 104 valence electrons. The lowest BCUT2D eigenvalue weighted by Crippen LogP contribution is -2.07. The zero-order valence-electron chi connectivity index (χ0n) is 11.1. The Labute approximate surface area is 117 Å². The van der Waals surface area contributed by atoms with Gasteiger partial charge in [0.05, 0.1) is 0 Å². The molecule has 20 heavy (non-hydrogen) atoms. The molecule has 0 aliphatic carbocycles. The van der Waals surface area contributed by atoms with Crippen molar-refractivity contribution in [1.29, 1.82) is 0 Å². The Hall–Kier alpha value is -2.03. The lowest BCUT2D eigenvalue weighted by Gasteiger charge is -2.04. The van der Waals surface area contributed by atoms with Crippen molar-refractivity contribution in [3.05, 3.63) is 71.3 Å². The van der Waals surface area contributed by atoms with Crippen molar-refractivity contribution in [3.63, 3.8) is 0 Å². The average Bonchev–Trinajstić information content (AvgIpc) is 2.44. The van der Waals surface area contributed by atoms with Gasteiger partial charge in [-0.05, 0) is 30.5 Å². The summed E-state index contributed by atoms with van der Waals surface area (Å²) < 4.78 is 26.8. The maximum Gasteiger partial charge on any atom is 0.137 e. The Morgan fingerprint density at radius 3 is 2.20 bits per heavy atom. The first-order valence-electron chi connectivity index (χ1n) is 6.65. The molecule has 2 rings (SSSR count). The van der Waals surface area contributed by atoms with E-state index in [1.807, 2.05) is 30.3 Å². The van der Waals surface area contributed by atoms with Crippen LogP contribution >= 0.6 is 0 Å². The van der Waals surface area contributed by atoms with Crippen LogP contribution in [0.15, 0.2) is 48.5 Å². The van der Waals surface area contributed by atoms with Gasteiger partial charge < -0.3 is 0 Å². The van der Waals surface area contributed by atoms with Gasteiger partial charge in [-0.3, -0.25) is 4.79 Å². The van der Waals surface area contributed by atoms with Crippen LogP contribution in [0.3, 0.4) is 0 Å². The highest BCUT2D eigenvalue weighted by Crippen LogP contribution is 2.14. The van der Waals surface area contributed by atoms with Gasteiger partial charge in [-0.1, -0.05) is 36.4 Å². The van der Waals surface area contributed by atoms with Crippen LogP contribution in [0.1, 0.15) is 24.0 Å². The van der Waals surface area contributed by atoms with Gasteiger partial charge in [-0.2, -0.15) is 0 Å². The van der Waals surface area contributed by atoms with Crippen LogP contribution in [0.2, 0.25) is 0 Å². The SMILES string of the molecule is O=C(CCCc1ccccc1)Cc1c(F)cccc1F. The van der Waals surface area contributed by atoms with Gasteiger partial charge in [-0.15, -0.1) is 0 Å². The number of aryl methyl sites for hydroxylation is 1. The minimum absolute atomic E-state index is 0.128. The molecule has 0 aliphatic rings. The van der Waals surface area contributed by atoms with Crippen molar-refractivity contribution in [1.82, 2.24) is 0 Å². The van der Waals surface area contributed by atoms with Crippen LogP contribution in [0.4, 0.5) is 8.78 Å². The molecule has 0 fully saturated rings. The standard InChI is InChI=1S/C17H16F2O/c18-16-10-5-11-17(19)15(16)12-14(20)9-4-8-13-6-2-1-3-7-13/h1-3,5-7,10-11H,4,8-9,12H2. The van der Waals surface area contributed by atoms with Crippen molar-refractivity contribution >= 4 is 5.78 Å². The molecule has 0 spiro atoms. The van der Waals surface area contributed by atoms with Gasteiger partial charge in [0.25, 0.3) is 0 Å². The fourth-order valence-corrected chi connectivity index (χ4v) is 2.12. The Balaban J connectivity index is 1.84. The Bertz CT molecular complexity index is 559. The number of hydrogen-bond acceptors (Lipinski definition) is 1. The summed E-state index contributed by atoms with van der Waals surface area (Å²) in [6.07, 6.45) is 1.65. The third kappa shape index (κ3) is 3.98. The van der Waals surface area contributed by atoms with E-state index in [-0.39, 0.29) is 17.8 Å². The molecule has 0 aromatic heterocycles. The van der Waals surface area contributed by atoms with Crippen molar-refractivity contribution in [2.75, 3.05) is 0 Å². The number of rotatable bonds is 6. The molecule has 0 saturated heterocycles. The average molecular weight is 274 g/mol. The van der Waals surface area contributed by atoms with E-state index in [2.05, 4.69) is 0 Å². The first kappa shape index (κ1) is 14.4. The fourth-order valence-electron chi connectivity index (χ4n) is 2.12. The Morgan fingerprint density at radius 2 is 1.55 bits per heavy atom. The van der Waals surface area contributed by atoms with Gasteiger partial charge in [0, 0.05) is 18.4 Å². The molecule has 0 heterocycles. The highest BCUT2D eigenvalue weighted by Gasteiger charge is 2.12. The van der Waals surface area contributed by atoms with E-state index in [1.54, 1.807) is 0 Å². The zero-order chi connectivity index (χ0) is 14.4. The molecule has 0 bridgehead atoms. The maximum atomic E-state index is 13.4. The third-order valence-electron chi connectivity index (χ3n) is 3.20. The molecule has 0 aliphatic heterocycles. The molecular weight excluding hydrogens is 258 g/mol. The minimum atomic E-state index is -0.651. The lowest BCUT2D eigenvalue weighted by atomic mass is 10.0. The van der Waals surface area contributed by atoms with Crippen LogP contribution in [0.25, 0.3) is 0 Å². The molecule has 1 nitrogen and oxygen atoms in total.